The Kier molecular flexibility index (Phi) is 5.79. The molecule has 3 aromatic rings. The molecule has 146 valence electrons. The van der Waals surface area contributed by atoms with Crippen LogP contribution >= 0.6 is 0 Å². The second-order valence-electron chi connectivity index (χ2n) is 6.04. The molecule has 2 aromatic carbocycles. The Morgan fingerprint density at radius 1 is 1.14 bits per heavy atom. The third-order valence-electron chi connectivity index (χ3n) is 4.08. The molecule has 0 aliphatic rings. The Balaban J connectivity index is 1.81. The first-order valence-corrected chi connectivity index (χ1v) is 9.97. The van der Waals surface area contributed by atoms with Gasteiger partial charge in [-0.1, -0.05) is 18.2 Å². The molecule has 1 N–H and O–H groups in total. The number of furan rings is 1. The minimum atomic E-state index is -3.96. The molecule has 0 radical (unpaired) electrons. The standard InChI is InChI=1S/C20H18FNO5S/c1-14-12-16(9-10-17(14)21)28(24,25)19(18-8-5-11-26-18)13-22-20(23)27-15-6-3-2-4-7-15/h2-12,19H,13H2,1H3,(H,22,23). The van der Waals surface area contributed by atoms with E-state index in [9.17, 15) is 17.6 Å². The quantitative estimate of drug-likeness (QED) is 0.628. The van der Waals surface area contributed by atoms with Crippen LogP contribution in [-0.4, -0.2) is 21.1 Å². The monoisotopic (exact) mass is 403 g/mol. The zero-order valence-corrected chi connectivity index (χ0v) is 15.8. The van der Waals surface area contributed by atoms with Gasteiger partial charge in [0.25, 0.3) is 0 Å². The van der Waals surface area contributed by atoms with Crippen LogP contribution in [0.1, 0.15) is 16.6 Å². The maximum absolute atomic E-state index is 13.5. The molecule has 0 bridgehead atoms. The summed E-state index contributed by atoms with van der Waals surface area (Å²) in [6, 6.07) is 15.0. The molecular formula is C20H18FNO5S. The van der Waals surface area contributed by atoms with Crippen molar-refractivity contribution in [3.63, 3.8) is 0 Å². The van der Waals surface area contributed by atoms with Crippen molar-refractivity contribution in [2.75, 3.05) is 6.54 Å². The summed E-state index contributed by atoms with van der Waals surface area (Å²) in [6.45, 7) is 1.20. The van der Waals surface area contributed by atoms with Gasteiger partial charge in [-0.15, -0.1) is 0 Å². The zero-order valence-electron chi connectivity index (χ0n) is 15.0. The molecule has 1 atom stereocenters. The first-order chi connectivity index (χ1) is 13.4. The van der Waals surface area contributed by atoms with Crippen LogP contribution in [0.3, 0.4) is 0 Å². The van der Waals surface area contributed by atoms with Gasteiger partial charge in [-0.05, 0) is 55.0 Å². The van der Waals surface area contributed by atoms with Crippen LogP contribution in [0.15, 0.2) is 76.2 Å². The second kappa shape index (κ2) is 8.26. The SMILES string of the molecule is Cc1cc(S(=O)(=O)C(CNC(=O)Oc2ccccc2)c2ccco2)ccc1F. The minimum absolute atomic E-state index is 0.0639. The number of carbonyl (C=O) groups is 1. The Hall–Kier alpha value is -3.13. The van der Waals surface area contributed by atoms with Gasteiger partial charge in [-0.25, -0.2) is 17.6 Å². The number of aryl methyl sites for hydroxylation is 1. The first-order valence-electron chi connectivity index (χ1n) is 8.42. The molecule has 1 unspecified atom stereocenters. The molecule has 0 saturated heterocycles. The second-order valence-corrected chi connectivity index (χ2v) is 8.17. The van der Waals surface area contributed by atoms with Gasteiger partial charge in [0.2, 0.25) is 0 Å². The normalized spacial score (nSPS) is 12.4. The molecule has 0 aliphatic carbocycles. The molecule has 0 fully saturated rings. The Bertz CT molecular complexity index is 1050. The largest absolute Gasteiger partial charge is 0.468 e. The lowest BCUT2D eigenvalue weighted by Crippen LogP contribution is -2.33. The average molecular weight is 403 g/mol. The van der Waals surface area contributed by atoms with Crippen LogP contribution in [0.25, 0.3) is 0 Å². The van der Waals surface area contributed by atoms with E-state index in [1.807, 2.05) is 0 Å². The van der Waals surface area contributed by atoms with Crippen molar-refractivity contribution in [1.82, 2.24) is 5.32 Å². The highest BCUT2D eigenvalue weighted by molar-refractivity contribution is 7.91. The van der Waals surface area contributed by atoms with Crippen molar-refractivity contribution in [3.05, 3.63) is 84.1 Å². The van der Waals surface area contributed by atoms with E-state index in [4.69, 9.17) is 9.15 Å². The van der Waals surface area contributed by atoms with E-state index in [0.29, 0.717) is 5.75 Å². The van der Waals surface area contributed by atoms with Crippen LogP contribution in [-0.2, 0) is 9.84 Å². The van der Waals surface area contributed by atoms with E-state index in [1.54, 1.807) is 36.4 Å². The lowest BCUT2D eigenvalue weighted by Gasteiger charge is -2.17. The van der Waals surface area contributed by atoms with Crippen LogP contribution in [0.2, 0.25) is 0 Å². The minimum Gasteiger partial charge on any atom is -0.468 e. The summed E-state index contributed by atoms with van der Waals surface area (Å²) in [6.07, 6.45) is 0.545. The fourth-order valence-electron chi connectivity index (χ4n) is 2.60. The summed E-state index contributed by atoms with van der Waals surface area (Å²) in [7, 11) is -3.96. The number of para-hydroxylation sites is 1. The third kappa shape index (κ3) is 4.40. The van der Waals surface area contributed by atoms with E-state index in [1.165, 1.54) is 31.4 Å². The summed E-state index contributed by atoms with van der Waals surface area (Å²) in [5.74, 6) is -0.0217. The highest BCUT2D eigenvalue weighted by Crippen LogP contribution is 2.30. The van der Waals surface area contributed by atoms with E-state index >= 15 is 0 Å². The zero-order chi connectivity index (χ0) is 20.1. The number of sulfone groups is 1. The number of halogens is 1. The molecule has 1 heterocycles. The van der Waals surface area contributed by atoms with Gasteiger partial charge in [-0.3, -0.25) is 0 Å². The van der Waals surface area contributed by atoms with Crippen LogP contribution in [0.4, 0.5) is 9.18 Å². The van der Waals surface area contributed by atoms with E-state index in [-0.39, 0.29) is 22.8 Å². The molecule has 6 nitrogen and oxygen atoms in total. The molecule has 0 saturated carbocycles. The molecule has 1 amide bonds. The summed E-state index contributed by atoms with van der Waals surface area (Å²) >= 11 is 0. The van der Waals surface area contributed by atoms with E-state index < -0.39 is 27.0 Å². The van der Waals surface area contributed by atoms with Crippen LogP contribution < -0.4 is 10.1 Å². The number of nitrogens with one attached hydrogen (secondary N) is 1. The molecule has 8 heteroatoms. The van der Waals surface area contributed by atoms with E-state index in [2.05, 4.69) is 5.32 Å². The number of hydrogen-bond acceptors (Lipinski definition) is 5. The topological polar surface area (TPSA) is 85.6 Å². The lowest BCUT2D eigenvalue weighted by molar-refractivity contribution is 0.200. The van der Waals surface area contributed by atoms with Crippen molar-refractivity contribution in [2.24, 2.45) is 0 Å². The van der Waals surface area contributed by atoms with Gasteiger partial charge in [-0.2, -0.15) is 0 Å². The predicted octanol–water partition coefficient (Wildman–Crippen LogP) is 4.03. The Morgan fingerprint density at radius 2 is 1.89 bits per heavy atom. The first kappa shape index (κ1) is 19.6. The van der Waals surface area contributed by atoms with Gasteiger partial charge in [0, 0.05) is 6.54 Å². The summed E-state index contributed by atoms with van der Waals surface area (Å²) in [5, 5.41) is 1.25. The molecule has 3 rings (SSSR count). The summed E-state index contributed by atoms with van der Waals surface area (Å²) in [4.78, 5) is 12.0. The Morgan fingerprint density at radius 3 is 2.54 bits per heavy atom. The van der Waals surface area contributed by atoms with Crippen molar-refractivity contribution < 1.29 is 26.8 Å². The molecule has 0 aliphatic heterocycles. The van der Waals surface area contributed by atoms with Crippen molar-refractivity contribution in [2.45, 2.75) is 17.1 Å². The van der Waals surface area contributed by atoms with E-state index in [0.717, 1.165) is 6.07 Å². The molecule has 0 spiro atoms. The van der Waals surface area contributed by atoms with Gasteiger partial charge >= 0.3 is 6.09 Å². The number of amides is 1. The summed E-state index contributed by atoms with van der Waals surface area (Å²) in [5.41, 5.74) is 0.204. The average Bonchev–Trinajstić information content (AvgIpc) is 3.19. The lowest BCUT2D eigenvalue weighted by atomic mass is 10.2. The van der Waals surface area contributed by atoms with Gasteiger partial charge in [0.15, 0.2) is 9.84 Å². The highest BCUT2D eigenvalue weighted by Gasteiger charge is 2.32. The van der Waals surface area contributed by atoms with Gasteiger partial charge < -0.3 is 14.5 Å². The number of carbonyl (C=O) groups excluding carboxylic acids is 1. The van der Waals surface area contributed by atoms with Gasteiger partial charge in [0.1, 0.15) is 22.6 Å². The predicted molar refractivity (Wildman–Crippen MR) is 100 cm³/mol. The van der Waals surface area contributed by atoms with Crippen LogP contribution in [0, 0.1) is 12.7 Å². The molecule has 28 heavy (non-hydrogen) atoms. The smallest absolute Gasteiger partial charge is 0.412 e. The number of ether oxygens (including phenoxy) is 1. The van der Waals surface area contributed by atoms with Gasteiger partial charge in [0.05, 0.1) is 11.2 Å². The fourth-order valence-corrected chi connectivity index (χ4v) is 4.27. The Labute approximate surface area is 161 Å². The summed E-state index contributed by atoms with van der Waals surface area (Å²) < 4.78 is 50.1. The van der Waals surface area contributed by atoms with Crippen LogP contribution in [0.5, 0.6) is 5.75 Å². The fraction of sp³-hybridized carbons (Fsp3) is 0.150. The number of hydrogen-bond donors (Lipinski definition) is 1. The maximum atomic E-state index is 13.5. The van der Waals surface area contributed by atoms with Crippen molar-refractivity contribution in [3.8, 4) is 5.75 Å². The molecule has 1 aromatic heterocycles. The number of benzene rings is 2. The number of rotatable bonds is 6. The third-order valence-corrected chi connectivity index (χ3v) is 6.14. The molecular weight excluding hydrogens is 385 g/mol. The highest BCUT2D eigenvalue weighted by atomic mass is 32.2. The van der Waals surface area contributed by atoms with Crippen molar-refractivity contribution >= 4 is 15.9 Å². The maximum Gasteiger partial charge on any atom is 0.412 e. The van der Waals surface area contributed by atoms with Crippen molar-refractivity contribution in [1.29, 1.82) is 0 Å².